The van der Waals surface area contributed by atoms with E-state index in [1.807, 2.05) is 6.07 Å². The zero-order chi connectivity index (χ0) is 26.4. The van der Waals surface area contributed by atoms with Crippen molar-refractivity contribution in [1.29, 1.82) is 0 Å². The molecule has 1 heterocycles. The summed E-state index contributed by atoms with van der Waals surface area (Å²) in [6, 6.07) is 14.7. The number of benzene rings is 2. The van der Waals surface area contributed by atoms with Gasteiger partial charge in [0.15, 0.2) is 5.78 Å². The summed E-state index contributed by atoms with van der Waals surface area (Å²) in [5.74, 6) is 2.45. The van der Waals surface area contributed by atoms with Gasteiger partial charge in [0.1, 0.15) is 23.2 Å². The lowest BCUT2D eigenvalue weighted by Crippen LogP contribution is -2.35. The van der Waals surface area contributed by atoms with Crippen LogP contribution in [-0.2, 0) is 16.0 Å². The Labute approximate surface area is 221 Å². The summed E-state index contributed by atoms with van der Waals surface area (Å²) in [5.41, 5.74) is 3.19. The van der Waals surface area contributed by atoms with Crippen molar-refractivity contribution in [3.05, 3.63) is 59.2 Å². The van der Waals surface area contributed by atoms with Gasteiger partial charge in [-0.05, 0) is 113 Å². The van der Waals surface area contributed by atoms with Crippen molar-refractivity contribution in [1.82, 2.24) is 5.32 Å². The lowest BCUT2D eigenvalue weighted by molar-refractivity contribution is -0.118. The number of Topliss-reactive ketones (excluding diaryl/α,β-unsaturated/α-hetero) is 1. The van der Waals surface area contributed by atoms with Crippen LogP contribution in [0.3, 0.4) is 0 Å². The maximum atomic E-state index is 12.2. The molecule has 200 valence electrons. The minimum atomic E-state index is -0.564. The van der Waals surface area contributed by atoms with Gasteiger partial charge in [-0.15, -0.1) is 0 Å². The van der Waals surface area contributed by atoms with Crippen molar-refractivity contribution in [2.45, 2.75) is 96.9 Å². The standard InChI is InChI=1S/C31H41NO5/c1-21-7-5-6-8-27(21)29-17-12-23-19-26(16-18-28(23)36-29)35-25-14-10-22(11-15-25)9-13-24(33)20-32-30(34)37-31(2,3)4/h5-8,16,18-19,22,25,29H,9-15,17,20H2,1-4H3,(H,32,34). The average molecular weight is 508 g/mol. The number of fused-ring (bicyclic) bond motifs is 1. The number of ether oxygens (including phenoxy) is 3. The number of rotatable bonds is 8. The highest BCUT2D eigenvalue weighted by Gasteiger charge is 2.26. The van der Waals surface area contributed by atoms with Crippen LogP contribution < -0.4 is 14.8 Å². The van der Waals surface area contributed by atoms with Crippen LogP contribution in [0.2, 0.25) is 0 Å². The van der Waals surface area contributed by atoms with Crippen LogP contribution in [-0.4, -0.2) is 30.1 Å². The first kappa shape index (κ1) is 27.0. The number of carbonyl (C=O) groups is 2. The van der Waals surface area contributed by atoms with E-state index in [0.717, 1.165) is 56.4 Å². The molecular formula is C31H41NO5. The van der Waals surface area contributed by atoms with E-state index in [9.17, 15) is 9.59 Å². The Kier molecular flexibility index (Phi) is 8.78. The fourth-order valence-electron chi connectivity index (χ4n) is 5.27. The number of nitrogens with one attached hydrogen (secondary N) is 1. The third-order valence-electron chi connectivity index (χ3n) is 7.27. The normalized spacial score (nSPS) is 21.4. The second-order valence-electron chi connectivity index (χ2n) is 11.5. The largest absolute Gasteiger partial charge is 0.490 e. The predicted molar refractivity (Wildman–Crippen MR) is 144 cm³/mol. The number of alkyl carbamates (subject to hydrolysis) is 1. The Bertz CT molecular complexity index is 1080. The third kappa shape index (κ3) is 7.98. The molecule has 2 aliphatic rings. The summed E-state index contributed by atoms with van der Waals surface area (Å²) >= 11 is 0. The van der Waals surface area contributed by atoms with E-state index < -0.39 is 11.7 Å². The molecule has 37 heavy (non-hydrogen) atoms. The molecule has 1 aliphatic carbocycles. The molecule has 0 radical (unpaired) electrons. The summed E-state index contributed by atoms with van der Waals surface area (Å²) in [7, 11) is 0. The monoisotopic (exact) mass is 507 g/mol. The van der Waals surface area contributed by atoms with Crippen LogP contribution in [0.25, 0.3) is 0 Å². The predicted octanol–water partition coefficient (Wildman–Crippen LogP) is 6.87. The second kappa shape index (κ2) is 12.0. The van der Waals surface area contributed by atoms with Gasteiger partial charge in [0.05, 0.1) is 12.6 Å². The fraction of sp³-hybridized carbons (Fsp3) is 0.548. The molecule has 0 bridgehead atoms. The summed E-state index contributed by atoms with van der Waals surface area (Å²) in [6.07, 6.45) is 7.19. The Morgan fingerprint density at radius 3 is 2.51 bits per heavy atom. The Hall–Kier alpha value is -3.02. The number of carbonyl (C=O) groups excluding carboxylic acids is 2. The van der Waals surface area contributed by atoms with Crippen LogP contribution in [0.5, 0.6) is 11.5 Å². The smallest absolute Gasteiger partial charge is 0.408 e. The minimum absolute atomic E-state index is 0.0289. The maximum Gasteiger partial charge on any atom is 0.408 e. The summed E-state index contributed by atoms with van der Waals surface area (Å²) < 4.78 is 17.9. The first-order valence-corrected chi connectivity index (χ1v) is 13.7. The van der Waals surface area contributed by atoms with Crippen LogP contribution in [0, 0.1) is 12.8 Å². The zero-order valence-electron chi connectivity index (χ0n) is 22.7. The van der Waals surface area contributed by atoms with E-state index in [2.05, 4.69) is 48.6 Å². The Balaban J connectivity index is 1.18. The first-order valence-electron chi connectivity index (χ1n) is 13.7. The average Bonchev–Trinajstić information content (AvgIpc) is 2.86. The molecule has 1 fully saturated rings. The van der Waals surface area contributed by atoms with Crippen LogP contribution in [0.15, 0.2) is 42.5 Å². The van der Waals surface area contributed by atoms with Gasteiger partial charge in [-0.1, -0.05) is 24.3 Å². The number of aryl methyl sites for hydroxylation is 2. The number of hydrogen-bond donors (Lipinski definition) is 1. The molecule has 6 heteroatoms. The molecule has 4 rings (SSSR count). The summed E-state index contributed by atoms with van der Waals surface area (Å²) in [4.78, 5) is 23.9. The Morgan fingerprint density at radius 2 is 1.78 bits per heavy atom. The number of amides is 1. The van der Waals surface area contributed by atoms with Crippen LogP contribution >= 0.6 is 0 Å². The fourth-order valence-corrected chi connectivity index (χ4v) is 5.27. The molecular weight excluding hydrogens is 466 g/mol. The Morgan fingerprint density at radius 1 is 1.03 bits per heavy atom. The highest BCUT2D eigenvalue weighted by atomic mass is 16.6. The number of hydrogen-bond acceptors (Lipinski definition) is 5. The van der Waals surface area contributed by atoms with E-state index in [-0.39, 0.29) is 24.5 Å². The van der Waals surface area contributed by atoms with Gasteiger partial charge in [-0.25, -0.2) is 4.79 Å². The molecule has 6 nitrogen and oxygen atoms in total. The van der Waals surface area contributed by atoms with Gasteiger partial charge in [-0.2, -0.15) is 0 Å². The molecule has 1 amide bonds. The molecule has 1 unspecified atom stereocenters. The van der Waals surface area contributed by atoms with Crippen molar-refractivity contribution < 1.29 is 23.8 Å². The van der Waals surface area contributed by atoms with E-state index in [1.165, 1.54) is 16.7 Å². The molecule has 1 saturated carbocycles. The summed E-state index contributed by atoms with van der Waals surface area (Å²) in [6.45, 7) is 7.58. The lowest BCUT2D eigenvalue weighted by atomic mass is 9.84. The van der Waals surface area contributed by atoms with Crippen molar-refractivity contribution >= 4 is 11.9 Å². The van der Waals surface area contributed by atoms with Gasteiger partial charge >= 0.3 is 6.09 Å². The molecule has 2 aromatic carbocycles. The molecule has 0 aromatic heterocycles. The topological polar surface area (TPSA) is 73.9 Å². The SMILES string of the molecule is Cc1ccccc1C1CCc2cc(OC3CCC(CCC(=O)CNC(=O)OC(C)(C)C)CC3)ccc2O1. The summed E-state index contributed by atoms with van der Waals surface area (Å²) in [5, 5.41) is 2.56. The van der Waals surface area contributed by atoms with Crippen molar-refractivity contribution in [2.24, 2.45) is 5.92 Å². The van der Waals surface area contributed by atoms with E-state index in [0.29, 0.717) is 12.3 Å². The van der Waals surface area contributed by atoms with Crippen molar-refractivity contribution in [3.63, 3.8) is 0 Å². The van der Waals surface area contributed by atoms with Crippen LogP contribution in [0.4, 0.5) is 4.79 Å². The van der Waals surface area contributed by atoms with Gasteiger partial charge in [-0.3, -0.25) is 4.79 Å². The molecule has 0 saturated heterocycles. The van der Waals surface area contributed by atoms with Gasteiger partial charge in [0, 0.05) is 6.42 Å². The quantitative estimate of drug-likeness (QED) is 0.422. The molecule has 1 aliphatic heterocycles. The van der Waals surface area contributed by atoms with E-state index >= 15 is 0 Å². The van der Waals surface area contributed by atoms with E-state index in [4.69, 9.17) is 14.2 Å². The molecule has 2 aromatic rings. The maximum absolute atomic E-state index is 12.2. The van der Waals surface area contributed by atoms with Gasteiger partial charge in [0.25, 0.3) is 0 Å². The van der Waals surface area contributed by atoms with Gasteiger partial charge in [0.2, 0.25) is 0 Å². The van der Waals surface area contributed by atoms with Crippen LogP contribution in [0.1, 0.15) is 88.5 Å². The minimum Gasteiger partial charge on any atom is -0.490 e. The molecule has 1 N–H and O–H groups in total. The number of ketones is 1. The zero-order valence-corrected chi connectivity index (χ0v) is 22.7. The first-order chi connectivity index (χ1) is 17.7. The van der Waals surface area contributed by atoms with Crippen molar-refractivity contribution in [3.8, 4) is 11.5 Å². The molecule has 0 spiro atoms. The lowest BCUT2D eigenvalue weighted by Gasteiger charge is -2.30. The van der Waals surface area contributed by atoms with Crippen molar-refractivity contribution in [2.75, 3.05) is 6.54 Å². The second-order valence-corrected chi connectivity index (χ2v) is 11.5. The molecule has 1 atom stereocenters. The highest BCUT2D eigenvalue weighted by Crippen LogP contribution is 2.38. The highest BCUT2D eigenvalue weighted by molar-refractivity contribution is 5.83. The van der Waals surface area contributed by atoms with E-state index in [1.54, 1.807) is 20.8 Å². The third-order valence-corrected chi connectivity index (χ3v) is 7.27. The van der Waals surface area contributed by atoms with Gasteiger partial charge < -0.3 is 19.5 Å².